The molecule has 3 nitrogen and oxygen atoms in total. The summed E-state index contributed by atoms with van der Waals surface area (Å²) in [6.07, 6.45) is 2.46. The highest BCUT2D eigenvalue weighted by molar-refractivity contribution is 5.80. The van der Waals surface area contributed by atoms with Crippen molar-refractivity contribution in [3.05, 3.63) is 24.0 Å². The van der Waals surface area contributed by atoms with Gasteiger partial charge in [-0.3, -0.25) is 4.79 Å². The number of rotatable bonds is 3. The van der Waals surface area contributed by atoms with Gasteiger partial charge in [-0.05, 0) is 25.5 Å². The third-order valence-electron chi connectivity index (χ3n) is 2.69. The van der Waals surface area contributed by atoms with E-state index in [2.05, 4.69) is 0 Å². The number of aliphatic carboxylic acids is 1. The Labute approximate surface area is 78.0 Å². The lowest BCUT2D eigenvalue weighted by atomic mass is 9.84. The maximum Gasteiger partial charge on any atom is 0.315 e. The summed E-state index contributed by atoms with van der Waals surface area (Å²) in [5, 5.41) is 9.12. The van der Waals surface area contributed by atoms with E-state index in [-0.39, 0.29) is 0 Å². The Morgan fingerprint density at radius 2 is 2.31 bits per heavy atom. The van der Waals surface area contributed by atoms with Crippen LogP contribution in [-0.4, -0.2) is 15.6 Å². The zero-order valence-corrected chi connectivity index (χ0v) is 8.24. The van der Waals surface area contributed by atoms with Gasteiger partial charge in [-0.15, -0.1) is 0 Å². The van der Waals surface area contributed by atoms with Gasteiger partial charge >= 0.3 is 5.97 Å². The summed E-state index contributed by atoms with van der Waals surface area (Å²) >= 11 is 0. The first-order valence-corrected chi connectivity index (χ1v) is 4.37. The molecule has 0 radical (unpaired) electrons. The predicted molar refractivity (Wildman–Crippen MR) is 50.7 cm³/mol. The van der Waals surface area contributed by atoms with E-state index in [9.17, 15) is 4.79 Å². The van der Waals surface area contributed by atoms with Crippen LogP contribution < -0.4 is 0 Å². The molecular formula is C10H15NO2. The lowest BCUT2D eigenvalue weighted by Crippen LogP contribution is -2.33. The normalized spacial score (nSPS) is 15.3. The molecule has 0 spiro atoms. The summed E-state index contributed by atoms with van der Waals surface area (Å²) in [7, 11) is 1.87. The van der Waals surface area contributed by atoms with E-state index in [0.717, 1.165) is 5.69 Å². The molecule has 1 aromatic heterocycles. The van der Waals surface area contributed by atoms with Crippen LogP contribution in [0, 0.1) is 0 Å². The van der Waals surface area contributed by atoms with Gasteiger partial charge in [0.15, 0.2) is 0 Å². The Morgan fingerprint density at radius 1 is 1.69 bits per heavy atom. The third-order valence-corrected chi connectivity index (χ3v) is 2.69. The summed E-state index contributed by atoms with van der Waals surface area (Å²) < 4.78 is 1.86. The lowest BCUT2D eigenvalue weighted by Gasteiger charge is -2.23. The number of carbonyl (C=O) groups is 1. The van der Waals surface area contributed by atoms with E-state index >= 15 is 0 Å². The highest BCUT2D eigenvalue weighted by atomic mass is 16.4. The Bertz CT molecular complexity index is 316. The Morgan fingerprint density at radius 3 is 2.62 bits per heavy atom. The molecule has 1 heterocycles. The van der Waals surface area contributed by atoms with Crippen LogP contribution >= 0.6 is 0 Å². The van der Waals surface area contributed by atoms with Gasteiger partial charge in [0.25, 0.3) is 0 Å². The van der Waals surface area contributed by atoms with E-state index in [4.69, 9.17) is 5.11 Å². The second-order valence-electron chi connectivity index (χ2n) is 3.50. The molecule has 1 aromatic rings. The molecule has 0 aliphatic rings. The highest BCUT2D eigenvalue weighted by Gasteiger charge is 2.34. The molecule has 3 heteroatoms. The second kappa shape index (κ2) is 3.24. The van der Waals surface area contributed by atoms with E-state index in [1.54, 1.807) is 6.92 Å². The minimum absolute atomic E-state index is 0.597. The minimum atomic E-state index is -0.767. The van der Waals surface area contributed by atoms with Crippen LogP contribution in [-0.2, 0) is 17.3 Å². The van der Waals surface area contributed by atoms with Crippen LogP contribution in [0.3, 0.4) is 0 Å². The van der Waals surface area contributed by atoms with Crippen LogP contribution in [0.2, 0.25) is 0 Å². The fourth-order valence-corrected chi connectivity index (χ4v) is 1.48. The summed E-state index contributed by atoms with van der Waals surface area (Å²) in [4.78, 5) is 11.1. The van der Waals surface area contributed by atoms with Crippen molar-refractivity contribution in [2.45, 2.75) is 25.7 Å². The maximum absolute atomic E-state index is 11.1. The first-order valence-electron chi connectivity index (χ1n) is 4.37. The topological polar surface area (TPSA) is 42.2 Å². The number of aromatic nitrogens is 1. The monoisotopic (exact) mass is 181 g/mol. The van der Waals surface area contributed by atoms with Crippen molar-refractivity contribution in [3.63, 3.8) is 0 Å². The van der Waals surface area contributed by atoms with Crippen molar-refractivity contribution in [1.29, 1.82) is 0 Å². The van der Waals surface area contributed by atoms with E-state index in [1.807, 2.05) is 36.9 Å². The smallest absolute Gasteiger partial charge is 0.315 e. The van der Waals surface area contributed by atoms with E-state index < -0.39 is 11.4 Å². The second-order valence-corrected chi connectivity index (χ2v) is 3.50. The molecule has 72 valence electrons. The Balaban J connectivity index is 3.17. The van der Waals surface area contributed by atoms with Gasteiger partial charge in [0.05, 0.1) is 0 Å². The summed E-state index contributed by atoms with van der Waals surface area (Å²) in [5.74, 6) is -0.767. The van der Waals surface area contributed by atoms with Crippen molar-refractivity contribution >= 4 is 5.97 Å². The number of hydrogen-bond donors (Lipinski definition) is 1. The van der Waals surface area contributed by atoms with Crippen molar-refractivity contribution in [2.75, 3.05) is 0 Å². The number of nitrogens with zero attached hydrogens (tertiary/aromatic N) is 1. The molecule has 0 saturated heterocycles. The van der Waals surface area contributed by atoms with Crippen molar-refractivity contribution < 1.29 is 9.90 Å². The molecule has 1 rings (SSSR count). The van der Waals surface area contributed by atoms with Gasteiger partial charge < -0.3 is 9.67 Å². The molecule has 0 aromatic carbocycles. The summed E-state index contributed by atoms with van der Waals surface area (Å²) in [6, 6.07) is 3.73. The van der Waals surface area contributed by atoms with Crippen molar-refractivity contribution in [1.82, 2.24) is 4.57 Å². The SMILES string of the molecule is CCC(C)(C(=O)O)c1cccn1C. The molecule has 0 aliphatic carbocycles. The standard InChI is InChI=1S/C10H15NO2/c1-4-10(2,9(12)13)8-6-5-7-11(8)3/h5-7H,4H2,1-3H3,(H,12,13). The fourth-order valence-electron chi connectivity index (χ4n) is 1.48. The first-order chi connectivity index (χ1) is 6.02. The molecule has 1 atom stereocenters. The molecule has 0 fully saturated rings. The van der Waals surface area contributed by atoms with Gasteiger partial charge in [0, 0.05) is 18.9 Å². The largest absolute Gasteiger partial charge is 0.481 e. The highest BCUT2D eigenvalue weighted by Crippen LogP contribution is 2.27. The van der Waals surface area contributed by atoms with Gasteiger partial charge in [-0.1, -0.05) is 6.92 Å². The Kier molecular flexibility index (Phi) is 2.45. The number of hydrogen-bond acceptors (Lipinski definition) is 1. The molecule has 1 unspecified atom stereocenters. The van der Waals surface area contributed by atoms with Crippen LogP contribution in [0.1, 0.15) is 26.0 Å². The summed E-state index contributed by atoms with van der Waals surface area (Å²) in [5.41, 5.74) is 0.0839. The zero-order valence-electron chi connectivity index (χ0n) is 8.24. The fraction of sp³-hybridized carbons (Fsp3) is 0.500. The number of carboxylic acid groups (broad SMARTS) is 1. The molecule has 0 bridgehead atoms. The van der Waals surface area contributed by atoms with Crippen molar-refractivity contribution in [2.24, 2.45) is 7.05 Å². The van der Waals surface area contributed by atoms with Crippen LogP contribution in [0.5, 0.6) is 0 Å². The van der Waals surface area contributed by atoms with Gasteiger partial charge in [-0.25, -0.2) is 0 Å². The molecular weight excluding hydrogens is 166 g/mol. The molecule has 0 saturated carbocycles. The number of aryl methyl sites for hydroxylation is 1. The lowest BCUT2D eigenvalue weighted by molar-refractivity contribution is -0.143. The maximum atomic E-state index is 11.1. The first kappa shape index (κ1) is 9.84. The average Bonchev–Trinajstić information content (AvgIpc) is 2.50. The molecule has 0 amide bonds. The van der Waals surface area contributed by atoms with Crippen LogP contribution in [0.25, 0.3) is 0 Å². The number of carboxylic acids is 1. The average molecular weight is 181 g/mol. The van der Waals surface area contributed by atoms with Crippen molar-refractivity contribution in [3.8, 4) is 0 Å². The van der Waals surface area contributed by atoms with E-state index in [1.165, 1.54) is 0 Å². The van der Waals surface area contributed by atoms with Crippen LogP contribution in [0.4, 0.5) is 0 Å². The molecule has 0 aliphatic heterocycles. The minimum Gasteiger partial charge on any atom is -0.481 e. The zero-order chi connectivity index (χ0) is 10.1. The molecule has 1 N–H and O–H groups in total. The Hall–Kier alpha value is -1.25. The quantitative estimate of drug-likeness (QED) is 0.772. The van der Waals surface area contributed by atoms with Gasteiger partial charge in [0.2, 0.25) is 0 Å². The van der Waals surface area contributed by atoms with E-state index in [0.29, 0.717) is 6.42 Å². The predicted octanol–water partition coefficient (Wildman–Crippen LogP) is 1.78. The van der Waals surface area contributed by atoms with Gasteiger partial charge in [-0.2, -0.15) is 0 Å². The van der Waals surface area contributed by atoms with Gasteiger partial charge in [0.1, 0.15) is 5.41 Å². The third kappa shape index (κ3) is 1.46. The molecule has 13 heavy (non-hydrogen) atoms. The van der Waals surface area contributed by atoms with Crippen LogP contribution in [0.15, 0.2) is 18.3 Å². The summed E-state index contributed by atoms with van der Waals surface area (Å²) in [6.45, 7) is 3.64.